The van der Waals surface area contributed by atoms with E-state index in [0.717, 1.165) is 44.6 Å². The molecule has 1 aliphatic rings. The number of hydrogen-bond acceptors (Lipinski definition) is 3. The largest absolute Gasteiger partial charge is 0.339 e. The maximum Gasteiger partial charge on any atom is 0.253 e. The Morgan fingerprint density at radius 3 is 2.41 bits per heavy atom. The zero-order valence-electron chi connectivity index (χ0n) is 13.2. The molecule has 0 atom stereocenters. The minimum absolute atomic E-state index is 0.0662. The molecule has 5 heteroatoms. The Morgan fingerprint density at radius 2 is 1.77 bits per heavy atom. The first-order valence-electron chi connectivity index (χ1n) is 8.10. The molecule has 120 valence electrons. The van der Waals surface area contributed by atoms with Gasteiger partial charge in [-0.2, -0.15) is 0 Å². The van der Waals surface area contributed by atoms with E-state index in [9.17, 15) is 9.59 Å². The van der Waals surface area contributed by atoms with Crippen LogP contribution in [0.5, 0.6) is 0 Å². The highest BCUT2D eigenvalue weighted by Gasteiger charge is 2.17. The molecule has 22 heavy (non-hydrogen) atoms. The van der Waals surface area contributed by atoms with Crippen molar-refractivity contribution in [1.82, 2.24) is 10.2 Å². The minimum atomic E-state index is -0.0662. The Bertz CT molecular complexity index is 493. The molecule has 0 aliphatic carbocycles. The van der Waals surface area contributed by atoms with E-state index < -0.39 is 0 Å². The first-order valence-corrected chi connectivity index (χ1v) is 8.10. The van der Waals surface area contributed by atoms with Crippen LogP contribution in [0.1, 0.15) is 43.0 Å². The monoisotopic (exact) mass is 303 g/mol. The van der Waals surface area contributed by atoms with Gasteiger partial charge in [-0.15, -0.1) is 0 Å². The summed E-state index contributed by atoms with van der Waals surface area (Å²) in [6.07, 6.45) is 4.39. The second-order valence-electron chi connectivity index (χ2n) is 5.66. The first kappa shape index (κ1) is 16.5. The van der Waals surface area contributed by atoms with Crippen LogP contribution < -0.4 is 10.6 Å². The number of benzene rings is 1. The van der Waals surface area contributed by atoms with Crippen molar-refractivity contribution in [2.24, 2.45) is 0 Å². The van der Waals surface area contributed by atoms with E-state index in [1.165, 1.54) is 6.42 Å². The average molecular weight is 303 g/mol. The third-order valence-electron chi connectivity index (χ3n) is 3.77. The molecule has 1 fully saturated rings. The van der Waals surface area contributed by atoms with Crippen molar-refractivity contribution in [2.45, 2.75) is 32.6 Å². The summed E-state index contributed by atoms with van der Waals surface area (Å²) in [5.41, 5.74) is 1.41. The second kappa shape index (κ2) is 8.54. The molecule has 2 amide bonds. The second-order valence-corrected chi connectivity index (χ2v) is 5.66. The van der Waals surface area contributed by atoms with Gasteiger partial charge in [0, 0.05) is 24.3 Å². The lowest BCUT2D eigenvalue weighted by Gasteiger charge is -2.26. The van der Waals surface area contributed by atoms with Crippen molar-refractivity contribution in [3.63, 3.8) is 0 Å². The molecule has 0 unspecified atom stereocenters. The number of amides is 2. The number of hydrogen-bond donors (Lipinski definition) is 2. The SMILES string of the molecule is CCCNCC(=O)Nc1ccc(C(=O)N2CCCCC2)cc1. The van der Waals surface area contributed by atoms with Crippen molar-refractivity contribution in [3.05, 3.63) is 29.8 Å². The normalized spacial score (nSPS) is 14.7. The summed E-state index contributed by atoms with van der Waals surface area (Å²) in [7, 11) is 0. The molecule has 1 aromatic carbocycles. The summed E-state index contributed by atoms with van der Waals surface area (Å²) < 4.78 is 0. The molecule has 1 saturated heterocycles. The summed E-state index contributed by atoms with van der Waals surface area (Å²) in [5, 5.41) is 5.88. The van der Waals surface area contributed by atoms with Crippen LogP contribution in [0, 0.1) is 0 Å². The topological polar surface area (TPSA) is 61.4 Å². The van der Waals surface area contributed by atoms with Gasteiger partial charge in [0.05, 0.1) is 6.54 Å². The summed E-state index contributed by atoms with van der Waals surface area (Å²) in [4.78, 5) is 25.9. The maximum absolute atomic E-state index is 12.3. The summed E-state index contributed by atoms with van der Waals surface area (Å²) in [6.45, 7) is 4.89. The first-order chi connectivity index (χ1) is 10.7. The van der Waals surface area contributed by atoms with E-state index in [4.69, 9.17) is 0 Å². The van der Waals surface area contributed by atoms with Crippen molar-refractivity contribution >= 4 is 17.5 Å². The van der Waals surface area contributed by atoms with Crippen LogP contribution in [-0.2, 0) is 4.79 Å². The van der Waals surface area contributed by atoms with Gasteiger partial charge < -0.3 is 15.5 Å². The third kappa shape index (κ3) is 4.84. The molecule has 0 radical (unpaired) electrons. The predicted octanol–water partition coefficient (Wildman–Crippen LogP) is 2.25. The maximum atomic E-state index is 12.3. The van der Waals surface area contributed by atoms with Crippen LogP contribution in [0.25, 0.3) is 0 Å². The molecule has 5 nitrogen and oxygen atoms in total. The average Bonchev–Trinajstić information content (AvgIpc) is 2.56. The smallest absolute Gasteiger partial charge is 0.253 e. The molecular formula is C17H25N3O2. The molecule has 1 heterocycles. The zero-order valence-corrected chi connectivity index (χ0v) is 13.2. The number of carbonyl (C=O) groups excluding carboxylic acids is 2. The van der Waals surface area contributed by atoms with Gasteiger partial charge in [-0.05, 0) is 56.5 Å². The van der Waals surface area contributed by atoms with Gasteiger partial charge >= 0.3 is 0 Å². The number of piperidine rings is 1. The van der Waals surface area contributed by atoms with E-state index in [-0.39, 0.29) is 11.8 Å². The Hall–Kier alpha value is -1.88. The minimum Gasteiger partial charge on any atom is -0.339 e. The third-order valence-corrected chi connectivity index (χ3v) is 3.77. The molecule has 2 N–H and O–H groups in total. The molecule has 0 saturated carbocycles. The van der Waals surface area contributed by atoms with Crippen LogP contribution in [0.3, 0.4) is 0 Å². The van der Waals surface area contributed by atoms with E-state index in [2.05, 4.69) is 17.6 Å². The van der Waals surface area contributed by atoms with Crippen molar-refractivity contribution in [1.29, 1.82) is 0 Å². The van der Waals surface area contributed by atoms with Crippen LogP contribution in [0.2, 0.25) is 0 Å². The van der Waals surface area contributed by atoms with Gasteiger partial charge in [0.25, 0.3) is 5.91 Å². The fraction of sp³-hybridized carbons (Fsp3) is 0.529. The van der Waals surface area contributed by atoms with Gasteiger partial charge in [-0.3, -0.25) is 9.59 Å². The van der Waals surface area contributed by atoms with Gasteiger partial charge in [-0.25, -0.2) is 0 Å². The van der Waals surface area contributed by atoms with Gasteiger partial charge in [0.1, 0.15) is 0 Å². The van der Waals surface area contributed by atoms with E-state index in [1.807, 2.05) is 4.90 Å². The lowest BCUT2D eigenvalue weighted by Crippen LogP contribution is -2.35. The highest BCUT2D eigenvalue weighted by atomic mass is 16.2. The fourth-order valence-electron chi connectivity index (χ4n) is 2.56. The predicted molar refractivity (Wildman–Crippen MR) is 88.0 cm³/mol. The standard InChI is InChI=1S/C17H25N3O2/c1-2-10-18-13-16(21)19-15-8-6-14(7-9-15)17(22)20-11-4-3-5-12-20/h6-9,18H,2-5,10-13H2,1H3,(H,19,21). The van der Waals surface area contributed by atoms with Gasteiger partial charge in [-0.1, -0.05) is 6.92 Å². The van der Waals surface area contributed by atoms with Gasteiger partial charge in [0.15, 0.2) is 0 Å². The van der Waals surface area contributed by atoms with Crippen LogP contribution >= 0.6 is 0 Å². The van der Waals surface area contributed by atoms with E-state index in [1.54, 1.807) is 24.3 Å². The van der Waals surface area contributed by atoms with Crippen molar-refractivity contribution in [2.75, 3.05) is 31.5 Å². The molecule has 2 rings (SSSR count). The summed E-state index contributed by atoms with van der Waals surface area (Å²) in [6, 6.07) is 7.14. The molecule has 0 aromatic heterocycles. The Labute approximate surface area is 132 Å². The number of nitrogens with one attached hydrogen (secondary N) is 2. The summed E-state index contributed by atoms with van der Waals surface area (Å²) in [5.74, 6) is 0.0192. The number of rotatable bonds is 6. The number of likely N-dealkylation sites (tertiary alicyclic amines) is 1. The van der Waals surface area contributed by atoms with Crippen molar-refractivity contribution < 1.29 is 9.59 Å². The Morgan fingerprint density at radius 1 is 1.09 bits per heavy atom. The lowest BCUT2D eigenvalue weighted by molar-refractivity contribution is -0.115. The number of anilines is 1. The Balaban J connectivity index is 1.86. The lowest BCUT2D eigenvalue weighted by atomic mass is 10.1. The van der Waals surface area contributed by atoms with E-state index >= 15 is 0 Å². The highest BCUT2D eigenvalue weighted by Crippen LogP contribution is 2.15. The number of nitrogens with zero attached hydrogens (tertiary/aromatic N) is 1. The van der Waals surface area contributed by atoms with Crippen LogP contribution in [0.15, 0.2) is 24.3 Å². The molecular weight excluding hydrogens is 278 g/mol. The number of carbonyl (C=O) groups is 2. The summed E-state index contributed by atoms with van der Waals surface area (Å²) >= 11 is 0. The fourth-order valence-corrected chi connectivity index (χ4v) is 2.56. The quantitative estimate of drug-likeness (QED) is 0.792. The molecule has 1 aromatic rings. The molecule has 0 bridgehead atoms. The van der Waals surface area contributed by atoms with Gasteiger partial charge in [0.2, 0.25) is 5.91 Å². The van der Waals surface area contributed by atoms with Crippen LogP contribution in [-0.4, -0.2) is 42.9 Å². The Kier molecular flexibility index (Phi) is 6.40. The van der Waals surface area contributed by atoms with E-state index in [0.29, 0.717) is 12.1 Å². The van der Waals surface area contributed by atoms with Crippen molar-refractivity contribution in [3.8, 4) is 0 Å². The molecule has 0 spiro atoms. The molecule has 1 aliphatic heterocycles. The van der Waals surface area contributed by atoms with Crippen LogP contribution in [0.4, 0.5) is 5.69 Å². The highest BCUT2D eigenvalue weighted by molar-refractivity contribution is 5.96. The zero-order chi connectivity index (χ0) is 15.8.